The summed E-state index contributed by atoms with van der Waals surface area (Å²) < 4.78 is 1.62. The molecule has 1 aromatic carbocycles. The average molecular weight is 398 g/mol. The van der Waals surface area contributed by atoms with Crippen LogP contribution in [0.4, 0.5) is 5.69 Å². The predicted molar refractivity (Wildman–Crippen MR) is 112 cm³/mol. The molecule has 3 aromatic rings. The minimum absolute atomic E-state index is 0.152. The average Bonchev–Trinajstić information content (AvgIpc) is 3.12. The fourth-order valence-corrected chi connectivity index (χ4v) is 3.03. The third-order valence-corrected chi connectivity index (χ3v) is 4.68. The SMILES string of the molecule is Cc1nc2ncnn2c(C)c1CC(=O)NNC(=S)Nc1ccc(C(C)C)cc1. The van der Waals surface area contributed by atoms with E-state index in [-0.39, 0.29) is 12.3 Å². The van der Waals surface area contributed by atoms with Crippen LogP contribution in [-0.4, -0.2) is 30.6 Å². The summed E-state index contributed by atoms with van der Waals surface area (Å²) in [5.74, 6) is 0.759. The highest BCUT2D eigenvalue weighted by molar-refractivity contribution is 7.80. The molecule has 146 valence electrons. The number of fused-ring (bicyclic) bond motifs is 1. The highest BCUT2D eigenvalue weighted by atomic mass is 32.1. The third kappa shape index (κ3) is 4.42. The highest BCUT2D eigenvalue weighted by Gasteiger charge is 2.14. The van der Waals surface area contributed by atoms with Crippen LogP contribution in [0.25, 0.3) is 5.78 Å². The molecule has 3 N–H and O–H groups in total. The minimum atomic E-state index is -0.230. The summed E-state index contributed by atoms with van der Waals surface area (Å²) in [7, 11) is 0. The first kappa shape index (κ1) is 19.7. The van der Waals surface area contributed by atoms with Gasteiger partial charge in [0.1, 0.15) is 6.33 Å². The molecule has 2 aromatic heterocycles. The van der Waals surface area contributed by atoms with E-state index in [9.17, 15) is 4.79 Å². The Labute approximate surface area is 168 Å². The van der Waals surface area contributed by atoms with Crippen LogP contribution in [0.15, 0.2) is 30.6 Å². The van der Waals surface area contributed by atoms with Crippen molar-refractivity contribution in [3.63, 3.8) is 0 Å². The first-order chi connectivity index (χ1) is 13.3. The fourth-order valence-electron chi connectivity index (χ4n) is 2.86. The number of carbonyl (C=O) groups excluding carboxylic acids is 1. The van der Waals surface area contributed by atoms with Crippen molar-refractivity contribution in [3.8, 4) is 0 Å². The second-order valence-electron chi connectivity index (χ2n) is 6.81. The molecule has 0 aliphatic rings. The van der Waals surface area contributed by atoms with E-state index in [1.54, 1.807) is 4.52 Å². The summed E-state index contributed by atoms with van der Waals surface area (Å²) >= 11 is 5.24. The van der Waals surface area contributed by atoms with Gasteiger partial charge in [-0.2, -0.15) is 10.1 Å². The van der Waals surface area contributed by atoms with Crippen molar-refractivity contribution in [2.45, 2.75) is 40.0 Å². The van der Waals surface area contributed by atoms with Crippen LogP contribution in [0.1, 0.15) is 42.3 Å². The normalized spacial score (nSPS) is 10.9. The zero-order valence-corrected chi connectivity index (χ0v) is 17.1. The zero-order chi connectivity index (χ0) is 20.3. The van der Waals surface area contributed by atoms with Crippen molar-refractivity contribution in [3.05, 3.63) is 53.1 Å². The van der Waals surface area contributed by atoms with Gasteiger partial charge in [0.25, 0.3) is 5.78 Å². The maximum absolute atomic E-state index is 12.3. The van der Waals surface area contributed by atoms with Gasteiger partial charge in [0, 0.05) is 22.6 Å². The number of nitrogens with one attached hydrogen (secondary N) is 3. The van der Waals surface area contributed by atoms with E-state index < -0.39 is 0 Å². The maximum atomic E-state index is 12.3. The molecule has 0 fully saturated rings. The Morgan fingerprint density at radius 3 is 2.57 bits per heavy atom. The molecule has 9 heteroatoms. The van der Waals surface area contributed by atoms with Gasteiger partial charge in [-0.15, -0.1) is 0 Å². The Bertz CT molecular complexity index is 1010. The van der Waals surface area contributed by atoms with Gasteiger partial charge in [0.15, 0.2) is 5.11 Å². The number of carbonyl (C=O) groups is 1. The number of amides is 1. The predicted octanol–water partition coefficient (Wildman–Crippen LogP) is 2.42. The summed E-state index contributed by atoms with van der Waals surface area (Å²) in [6.07, 6.45) is 1.59. The lowest BCUT2D eigenvalue weighted by molar-refractivity contribution is -0.121. The number of hydrogen-bond acceptors (Lipinski definition) is 5. The Balaban J connectivity index is 1.56. The van der Waals surface area contributed by atoms with Crippen molar-refractivity contribution in [1.82, 2.24) is 30.4 Å². The Kier molecular flexibility index (Phi) is 5.84. The number of benzene rings is 1. The number of thiocarbonyl (C=S) groups is 1. The van der Waals surface area contributed by atoms with Gasteiger partial charge in [-0.1, -0.05) is 26.0 Å². The highest BCUT2D eigenvalue weighted by Crippen LogP contribution is 2.17. The molecule has 0 aliphatic heterocycles. The molecule has 1 amide bonds. The minimum Gasteiger partial charge on any atom is -0.331 e. The molecule has 0 unspecified atom stereocenters. The molecule has 3 rings (SSSR count). The van der Waals surface area contributed by atoms with Crippen molar-refractivity contribution >= 4 is 34.7 Å². The molecular formula is C19H23N7OS. The van der Waals surface area contributed by atoms with E-state index in [0.717, 1.165) is 22.6 Å². The summed E-state index contributed by atoms with van der Waals surface area (Å²) in [6.45, 7) is 8.03. The molecule has 0 saturated heterocycles. The Morgan fingerprint density at radius 2 is 1.89 bits per heavy atom. The van der Waals surface area contributed by atoms with Gasteiger partial charge in [-0.25, -0.2) is 9.50 Å². The second kappa shape index (κ2) is 8.30. The van der Waals surface area contributed by atoms with Crippen LogP contribution < -0.4 is 16.2 Å². The Morgan fingerprint density at radius 1 is 1.18 bits per heavy atom. The quantitative estimate of drug-likeness (QED) is 0.460. The lowest BCUT2D eigenvalue weighted by atomic mass is 10.0. The molecular weight excluding hydrogens is 374 g/mol. The summed E-state index contributed by atoms with van der Waals surface area (Å²) in [4.78, 5) is 20.8. The maximum Gasteiger partial charge on any atom is 0.252 e. The molecule has 0 saturated carbocycles. The number of hydrazine groups is 1. The van der Waals surface area contributed by atoms with Crippen LogP contribution in [0.2, 0.25) is 0 Å². The van der Waals surface area contributed by atoms with Gasteiger partial charge >= 0.3 is 0 Å². The molecule has 0 aliphatic carbocycles. The first-order valence-electron chi connectivity index (χ1n) is 8.96. The molecule has 0 atom stereocenters. The van der Waals surface area contributed by atoms with Crippen molar-refractivity contribution in [2.24, 2.45) is 0 Å². The van der Waals surface area contributed by atoms with E-state index in [1.165, 1.54) is 11.9 Å². The smallest absolute Gasteiger partial charge is 0.252 e. The van der Waals surface area contributed by atoms with Gasteiger partial charge in [0.05, 0.1) is 6.42 Å². The summed E-state index contributed by atoms with van der Waals surface area (Å²) in [5.41, 5.74) is 9.83. The Hall–Kier alpha value is -3.07. The van der Waals surface area contributed by atoms with Crippen molar-refractivity contribution < 1.29 is 4.79 Å². The van der Waals surface area contributed by atoms with Gasteiger partial charge < -0.3 is 5.32 Å². The molecule has 8 nitrogen and oxygen atoms in total. The van der Waals surface area contributed by atoms with Crippen LogP contribution in [0.5, 0.6) is 0 Å². The van der Waals surface area contributed by atoms with Crippen LogP contribution in [0, 0.1) is 13.8 Å². The van der Waals surface area contributed by atoms with Crippen molar-refractivity contribution in [2.75, 3.05) is 5.32 Å². The number of hydrogen-bond donors (Lipinski definition) is 3. The van der Waals surface area contributed by atoms with Gasteiger partial charge in [-0.3, -0.25) is 15.6 Å². The molecule has 28 heavy (non-hydrogen) atoms. The zero-order valence-electron chi connectivity index (χ0n) is 16.3. The van der Waals surface area contributed by atoms with E-state index in [2.05, 4.69) is 45.1 Å². The largest absolute Gasteiger partial charge is 0.331 e. The molecule has 2 heterocycles. The summed E-state index contributed by atoms with van der Waals surface area (Å²) in [5, 5.41) is 7.48. The molecule has 0 bridgehead atoms. The first-order valence-corrected chi connectivity index (χ1v) is 9.37. The molecule has 0 spiro atoms. The monoisotopic (exact) mass is 397 g/mol. The van der Waals surface area contributed by atoms with E-state index >= 15 is 0 Å². The number of aryl methyl sites for hydroxylation is 2. The number of anilines is 1. The van der Waals surface area contributed by atoms with E-state index in [0.29, 0.717) is 16.8 Å². The van der Waals surface area contributed by atoms with E-state index in [1.807, 2.05) is 38.1 Å². The number of aromatic nitrogens is 4. The number of rotatable bonds is 4. The lowest BCUT2D eigenvalue weighted by Gasteiger charge is -2.14. The topological polar surface area (TPSA) is 96.2 Å². The van der Waals surface area contributed by atoms with Crippen LogP contribution in [0.3, 0.4) is 0 Å². The molecule has 0 radical (unpaired) electrons. The van der Waals surface area contributed by atoms with Crippen LogP contribution >= 0.6 is 12.2 Å². The van der Waals surface area contributed by atoms with Crippen LogP contribution in [-0.2, 0) is 11.2 Å². The third-order valence-electron chi connectivity index (χ3n) is 4.48. The lowest BCUT2D eigenvalue weighted by Crippen LogP contribution is -2.44. The van der Waals surface area contributed by atoms with Gasteiger partial charge in [0.2, 0.25) is 5.91 Å². The standard InChI is InChI=1S/C19H23N7OS/c1-11(2)14-5-7-15(8-6-14)23-19(28)25-24-17(27)9-16-12(3)22-18-20-10-21-26(18)13(16)4/h5-8,10-11H,9H2,1-4H3,(H,24,27)(H2,23,25,28). The van der Waals surface area contributed by atoms with Gasteiger partial charge in [-0.05, 0) is 49.7 Å². The van der Waals surface area contributed by atoms with Crippen molar-refractivity contribution in [1.29, 1.82) is 0 Å². The summed E-state index contributed by atoms with van der Waals surface area (Å²) in [6, 6.07) is 8.01. The number of nitrogens with zero attached hydrogens (tertiary/aromatic N) is 4. The second-order valence-corrected chi connectivity index (χ2v) is 7.22. The fraction of sp³-hybridized carbons (Fsp3) is 0.316. The van der Waals surface area contributed by atoms with E-state index in [4.69, 9.17) is 12.2 Å².